The molecule has 0 radical (unpaired) electrons. The number of hydrogen-bond acceptors (Lipinski definition) is 7. The van der Waals surface area contributed by atoms with Gasteiger partial charge in [0.1, 0.15) is 0 Å². The van der Waals surface area contributed by atoms with Gasteiger partial charge in [-0.3, -0.25) is 4.79 Å². The van der Waals surface area contributed by atoms with Gasteiger partial charge in [-0.1, -0.05) is 13.0 Å². The number of benzene rings is 1. The first kappa shape index (κ1) is 20.4. The number of carbonyl (C=O) groups is 1. The van der Waals surface area contributed by atoms with E-state index in [2.05, 4.69) is 27.1 Å². The van der Waals surface area contributed by atoms with Crippen LogP contribution in [0.15, 0.2) is 51.0 Å². The average molecular weight is 428 g/mol. The van der Waals surface area contributed by atoms with Crippen molar-refractivity contribution in [2.45, 2.75) is 19.9 Å². The first-order chi connectivity index (χ1) is 14.6. The van der Waals surface area contributed by atoms with Crippen LogP contribution in [0.4, 0.5) is 11.4 Å². The third kappa shape index (κ3) is 4.80. The van der Waals surface area contributed by atoms with Crippen LogP contribution in [0.2, 0.25) is 0 Å². The average Bonchev–Trinajstić information content (AvgIpc) is 3.43. The van der Waals surface area contributed by atoms with Crippen molar-refractivity contribution in [2.75, 3.05) is 42.9 Å². The van der Waals surface area contributed by atoms with E-state index in [-0.39, 0.29) is 24.8 Å². The number of nitrogens with one attached hydrogen (secondary N) is 1. The van der Waals surface area contributed by atoms with Crippen LogP contribution in [-0.4, -0.2) is 53.3 Å². The molecule has 0 bridgehead atoms. The number of nitrogens with zero attached hydrogens (tertiary/aromatic N) is 4. The number of hydrogen-bond donors (Lipinski definition) is 1. The zero-order chi connectivity index (χ0) is 20.9. The highest BCUT2D eigenvalue weighted by molar-refractivity contribution is 7.13. The molecule has 0 unspecified atom stereocenters. The third-order valence-corrected chi connectivity index (χ3v) is 6.08. The summed E-state index contributed by atoms with van der Waals surface area (Å²) in [7, 11) is 0. The highest BCUT2D eigenvalue weighted by Crippen LogP contribution is 2.21. The van der Waals surface area contributed by atoms with Gasteiger partial charge in [-0.15, -0.1) is 16.4 Å². The standard InChI is InChI=1S/C21H25N5O3S/c1-2-24-11-13-25(14-12-24)17-7-5-16(6-8-17)22-19(27)9-10-26-21(28)29-20(23-26)18-4-3-15-30-18/h3-8,15H,2,9-14H2,1H3,(H,22,27). The van der Waals surface area contributed by atoms with E-state index < -0.39 is 5.76 Å². The van der Waals surface area contributed by atoms with Crippen molar-refractivity contribution in [3.63, 3.8) is 0 Å². The Morgan fingerprint density at radius 3 is 2.60 bits per heavy atom. The van der Waals surface area contributed by atoms with Crippen molar-refractivity contribution < 1.29 is 9.21 Å². The Balaban J connectivity index is 1.29. The zero-order valence-corrected chi connectivity index (χ0v) is 17.7. The summed E-state index contributed by atoms with van der Waals surface area (Å²) in [5.41, 5.74) is 1.90. The van der Waals surface area contributed by atoms with Crippen molar-refractivity contribution in [1.29, 1.82) is 0 Å². The highest BCUT2D eigenvalue weighted by Gasteiger charge is 2.16. The van der Waals surface area contributed by atoms with E-state index in [1.165, 1.54) is 21.7 Å². The summed E-state index contributed by atoms with van der Waals surface area (Å²) in [6.07, 6.45) is 0.136. The molecule has 0 atom stereocenters. The number of likely N-dealkylation sites (N-methyl/N-ethyl adjacent to an activating group) is 1. The maximum absolute atomic E-state index is 12.3. The van der Waals surface area contributed by atoms with Gasteiger partial charge in [0.15, 0.2) is 0 Å². The molecule has 1 amide bonds. The van der Waals surface area contributed by atoms with E-state index in [9.17, 15) is 9.59 Å². The molecule has 1 aromatic carbocycles. The van der Waals surface area contributed by atoms with Crippen LogP contribution >= 0.6 is 11.3 Å². The summed E-state index contributed by atoms with van der Waals surface area (Å²) in [6.45, 7) is 7.62. The molecule has 1 saturated heterocycles. The van der Waals surface area contributed by atoms with E-state index in [0.29, 0.717) is 0 Å². The molecule has 3 heterocycles. The van der Waals surface area contributed by atoms with Crippen LogP contribution in [0, 0.1) is 0 Å². The van der Waals surface area contributed by atoms with Crippen molar-refractivity contribution in [3.05, 3.63) is 52.3 Å². The summed E-state index contributed by atoms with van der Waals surface area (Å²) >= 11 is 1.44. The maximum Gasteiger partial charge on any atom is 0.437 e. The van der Waals surface area contributed by atoms with Gasteiger partial charge in [0, 0.05) is 44.0 Å². The Kier molecular flexibility index (Phi) is 6.29. The second kappa shape index (κ2) is 9.27. The van der Waals surface area contributed by atoms with Gasteiger partial charge in [0.25, 0.3) is 5.89 Å². The van der Waals surface area contributed by atoms with Gasteiger partial charge in [0.05, 0.1) is 11.4 Å². The molecule has 2 aromatic heterocycles. The predicted molar refractivity (Wildman–Crippen MR) is 118 cm³/mol. The van der Waals surface area contributed by atoms with Crippen LogP contribution in [0.25, 0.3) is 10.8 Å². The van der Waals surface area contributed by atoms with E-state index in [1.807, 2.05) is 41.8 Å². The minimum Gasteiger partial charge on any atom is -0.387 e. The minimum absolute atomic E-state index is 0.136. The van der Waals surface area contributed by atoms with Crippen molar-refractivity contribution in [2.24, 2.45) is 0 Å². The Hall–Kier alpha value is -2.91. The quantitative estimate of drug-likeness (QED) is 0.624. The fourth-order valence-corrected chi connectivity index (χ4v) is 4.10. The van der Waals surface area contributed by atoms with Crippen molar-refractivity contribution >= 4 is 28.6 Å². The molecule has 8 nitrogen and oxygen atoms in total. The van der Waals surface area contributed by atoms with Crippen LogP contribution in [0.1, 0.15) is 13.3 Å². The minimum atomic E-state index is -0.557. The summed E-state index contributed by atoms with van der Waals surface area (Å²) in [4.78, 5) is 29.8. The van der Waals surface area contributed by atoms with Crippen LogP contribution < -0.4 is 16.0 Å². The molecule has 1 fully saturated rings. The van der Waals surface area contributed by atoms with E-state index in [0.717, 1.165) is 43.3 Å². The topological polar surface area (TPSA) is 83.6 Å². The number of aryl methyl sites for hydroxylation is 1. The van der Waals surface area contributed by atoms with Crippen molar-refractivity contribution in [3.8, 4) is 10.8 Å². The maximum atomic E-state index is 12.3. The van der Waals surface area contributed by atoms with Gasteiger partial charge in [-0.25, -0.2) is 4.79 Å². The summed E-state index contributed by atoms with van der Waals surface area (Å²) in [5, 5.41) is 8.93. The van der Waals surface area contributed by atoms with E-state index >= 15 is 0 Å². The molecule has 0 aliphatic carbocycles. The van der Waals surface area contributed by atoms with Gasteiger partial charge in [-0.2, -0.15) is 4.68 Å². The Labute approximate surface area is 178 Å². The lowest BCUT2D eigenvalue weighted by Crippen LogP contribution is -2.46. The Bertz CT molecular complexity index is 1020. The number of anilines is 2. The molecule has 0 saturated carbocycles. The zero-order valence-electron chi connectivity index (χ0n) is 16.9. The molecule has 3 aromatic rings. The summed E-state index contributed by atoms with van der Waals surface area (Å²) in [6, 6.07) is 11.6. The number of rotatable bonds is 7. The number of piperazine rings is 1. The lowest BCUT2D eigenvalue weighted by molar-refractivity contribution is -0.116. The van der Waals surface area contributed by atoms with Crippen LogP contribution in [0.3, 0.4) is 0 Å². The highest BCUT2D eigenvalue weighted by atomic mass is 32.1. The third-order valence-electron chi connectivity index (χ3n) is 5.22. The van der Waals surface area contributed by atoms with Gasteiger partial charge < -0.3 is 19.5 Å². The normalized spacial score (nSPS) is 14.8. The van der Waals surface area contributed by atoms with Crippen LogP contribution in [-0.2, 0) is 11.3 Å². The molecule has 9 heteroatoms. The molecule has 1 aliphatic heterocycles. The van der Waals surface area contributed by atoms with Gasteiger partial charge in [0.2, 0.25) is 5.91 Å². The second-order valence-electron chi connectivity index (χ2n) is 7.14. The summed E-state index contributed by atoms with van der Waals surface area (Å²) < 4.78 is 6.35. The number of thiophene rings is 1. The van der Waals surface area contributed by atoms with E-state index in [1.54, 1.807) is 0 Å². The summed E-state index contributed by atoms with van der Waals surface area (Å²) in [5.74, 6) is -0.448. The predicted octanol–water partition coefficient (Wildman–Crippen LogP) is 2.74. The lowest BCUT2D eigenvalue weighted by Gasteiger charge is -2.35. The number of carbonyl (C=O) groups excluding carboxylic acids is 1. The van der Waals surface area contributed by atoms with E-state index in [4.69, 9.17) is 4.42 Å². The molecule has 158 valence electrons. The molecule has 4 rings (SSSR count). The molecule has 1 N–H and O–H groups in total. The second-order valence-corrected chi connectivity index (χ2v) is 8.09. The Morgan fingerprint density at radius 2 is 1.93 bits per heavy atom. The fourth-order valence-electron chi connectivity index (χ4n) is 3.46. The van der Waals surface area contributed by atoms with Crippen LogP contribution in [0.5, 0.6) is 0 Å². The van der Waals surface area contributed by atoms with Gasteiger partial charge >= 0.3 is 5.76 Å². The number of amides is 1. The van der Waals surface area contributed by atoms with Gasteiger partial charge in [-0.05, 0) is 42.3 Å². The molecular formula is C21H25N5O3S. The Morgan fingerprint density at radius 1 is 1.17 bits per heavy atom. The molecule has 30 heavy (non-hydrogen) atoms. The fraction of sp³-hybridized carbons (Fsp3) is 0.381. The SMILES string of the molecule is CCN1CCN(c2ccc(NC(=O)CCn3nc(-c4cccs4)oc3=O)cc2)CC1. The molecule has 1 aliphatic rings. The first-order valence-electron chi connectivity index (χ1n) is 10.1. The largest absolute Gasteiger partial charge is 0.437 e. The number of aromatic nitrogens is 2. The molecular weight excluding hydrogens is 402 g/mol. The monoisotopic (exact) mass is 427 g/mol. The molecule has 0 spiro atoms. The van der Waals surface area contributed by atoms with Crippen molar-refractivity contribution in [1.82, 2.24) is 14.7 Å². The first-order valence-corrected chi connectivity index (χ1v) is 11.0. The smallest absolute Gasteiger partial charge is 0.387 e. The lowest BCUT2D eigenvalue weighted by atomic mass is 10.2.